The molecular formula is C12H17N3OS3. The van der Waals surface area contributed by atoms with Gasteiger partial charge in [-0.2, -0.15) is 0 Å². The van der Waals surface area contributed by atoms with E-state index in [1.807, 2.05) is 0 Å². The van der Waals surface area contributed by atoms with E-state index in [1.54, 1.807) is 28.8 Å². The highest BCUT2D eigenvalue weighted by atomic mass is 32.2. The highest BCUT2D eigenvalue weighted by molar-refractivity contribution is 8.03. The van der Waals surface area contributed by atoms with Crippen molar-refractivity contribution in [3.63, 3.8) is 0 Å². The van der Waals surface area contributed by atoms with Gasteiger partial charge in [0.2, 0.25) is 5.91 Å². The quantitative estimate of drug-likeness (QED) is 0.518. The Morgan fingerprint density at radius 3 is 2.37 bits per heavy atom. The molecule has 0 bridgehead atoms. The summed E-state index contributed by atoms with van der Waals surface area (Å²) in [5.41, 5.74) is 0. The van der Waals surface area contributed by atoms with E-state index in [0.29, 0.717) is 18.8 Å². The van der Waals surface area contributed by atoms with Crippen molar-refractivity contribution in [1.29, 1.82) is 0 Å². The molecule has 0 aliphatic rings. The fourth-order valence-corrected chi connectivity index (χ4v) is 4.06. The van der Waals surface area contributed by atoms with E-state index in [0.717, 1.165) is 14.4 Å². The summed E-state index contributed by atoms with van der Waals surface area (Å²) in [6.07, 6.45) is 3.43. The predicted molar refractivity (Wildman–Crippen MR) is 84.0 cm³/mol. The summed E-state index contributed by atoms with van der Waals surface area (Å²) in [5.74, 6) is 1.40. The zero-order valence-electron chi connectivity index (χ0n) is 10.9. The van der Waals surface area contributed by atoms with Gasteiger partial charge in [0.05, 0.1) is 5.75 Å². The molecule has 0 radical (unpaired) electrons. The molecule has 0 spiro atoms. The lowest BCUT2D eigenvalue weighted by molar-refractivity contribution is -0.127. The number of thioether (sulfide) groups is 2. The van der Waals surface area contributed by atoms with Crippen LogP contribution >= 0.6 is 34.9 Å². The van der Waals surface area contributed by atoms with Crippen molar-refractivity contribution in [1.82, 2.24) is 15.1 Å². The predicted octanol–water partition coefficient (Wildman–Crippen LogP) is 2.94. The first-order valence-electron chi connectivity index (χ1n) is 5.79. The maximum Gasteiger partial charge on any atom is 0.233 e. The number of aromatic nitrogens is 2. The topological polar surface area (TPSA) is 46.1 Å². The van der Waals surface area contributed by atoms with Crippen LogP contribution in [-0.2, 0) is 4.79 Å². The van der Waals surface area contributed by atoms with E-state index in [1.165, 1.54) is 23.1 Å². The van der Waals surface area contributed by atoms with E-state index in [-0.39, 0.29) is 5.91 Å². The molecule has 1 aromatic heterocycles. The lowest BCUT2D eigenvalue weighted by Crippen LogP contribution is -2.32. The normalized spacial score (nSPS) is 10.2. The average molecular weight is 315 g/mol. The van der Waals surface area contributed by atoms with E-state index < -0.39 is 0 Å². The van der Waals surface area contributed by atoms with Crippen molar-refractivity contribution in [3.05, 3.63) is 25.3 Å². The van der Waals surface area contributed by atoms with Crippen molar-refractivity contribution >= 4 is 40.8 Å². The van der Waals surface area contributed by atoms with Gasteiger partial charge in [0.15, 0.2) is 8.68 Å². The van der Waals surface area contributed by atoms with Crippen molar-refractivity contribution in [2.75, 3.05) is 24.6 Å². The molecule has 0 fully saturated rings. The number of hydrogen-bond acceptors (Lipinski definition) is 6. The Hall–Kier alpha value is -0.790. The molecule has 1 amide bonds. The summed E-state index contributed by atoms with van der Waals surface area (Å²) in [5, 5.41) is 8.11. The smallest absolute Gasteiger partial charge is 0.233 e. The Morgan fingerprint density at radius 2 is 1.84 bits per heavy atom. The van der Waals surface area contributed by atoms with Crippen LogP contribution in [0, 0.1) is 0 Å². The van der Waals surface area contributed by atoms with Crippen molar-refractivity contribution in [2.24, 2.45) is 0 Å². The lowest BCUT2D eigenvalue weighted by atomic mass is 10.4. The van der Waals surface area contributed by atoms with Gasteiger partial charge in [0.1, 0.15) is 0 Å². The number of carbonyl (C=O) groups is 1. The second kappa shape index (κ2) is 9.17. The minimum atomic E-state index is 0.0599. The summed E-state index contributed by atoms with van der Waals surface area (Å²) >= 11 is 4.62. The van der Waals surface area contributed by atoms with Crippen LogP contribution in [0.15, 0.2) is 34.0 Å². The second-order valence-corrected chi connectivity index (χ2v) is 7.14. The minimum Gasteiger partial charge on any atom is -0.335 e. The molecule has 0 aliphatic heterocycles. The number of carbonyl (C=O) groups excluding carboxylic acids is 1. The molecule has 0 saturated heterocycles. The Morgan fingerprint density at radius 1 is 1.26 bits per heavy atom. The molecule has 0 saturated carbocycles. The van der Waals surface area contributed by atoms with Gasteiger partial charge in [0, 0.05) is 13.1 Å². The fraction of sp³-hybridized carbons (Fsp3) is 0.417. The van der Waals surface area contributed by atoms with Crippen LogP contribution in [0.1, 0.15) is 6.92 Å². The van der Waals surface area contributed by atoms with Gasteiger partial charge >= 0.3 is 0 Å². The summed E-state index contributed by atoms with van der Waals surface area (Å²) < 4.78 is 1.79. The third-order valence-corrected chi connectivity index (χ3v) is 5.08. The Balaban J connectivity index is 2.46. The van der Waals surface area contributed by atoms with Crippen molar-refractivity contribution in [3.8, 4) is 0 Å². The molecule has 0 atom stereocenters. The number of hydrogen-bond donors (Lipinski definition) is 0. The Labute approximate surface area is 126 Å². The molecule has 19 heavy (non-hydrogen) atoms. The molecule has 4 nitrogen and oxygen atoms in total. The number of rotatable bonds is 9. The summed E-state index contributed by atoms with van der Waals surface area (Å²) in [4.78, 5) is 13.7. The van der Waals surface area contributed by atoms with E-state index in [2.05, 4.69) is 30.3 Å². The average Bonchev–Trinajstić information content (AvgIpc) is 2.84. The monoisotopic (exact) mass is 315 g/mol. The van der Waals surface area contributed by atoms with Gasteiger partial charge in [-0.1, -0.05) is 53.9 Å². The van der Waals surface area contributed by atoms with Crippen molar-refractivity contribution < 1.29 is 4.79 Å². The highest BCUT2D eigenvalue weighted by Gasteiger charge is 2.13. The summed E-state index contributed by atoms with van der Waals surface area (Å²) in [7, 11) is 0. The number of nitrogens with zero attached hydrogens (tertiary/aromatic N) is 3. The van der Waals surface area contributed by atoms with Crippen LogP contribution in [0.3, 0.4) is 0 Å². The van der Waals surface area contributed by atoms with E-state index in [9.17, 15) is 4.79 Å². The molecule has 0 unspecified atom stereocenters. The lowest BCUT2D eigenvalue weighted by Gasteiger charge is -2.18. The first kappa shape index (κ1) is 16.3. The molecule has 0 aliphatic carbocycles. The Bertz CT molecular complexity index is 424. The van der Waals surface area contributed by atoms with Crippen LogP contribution in [0.25, 0.3) is 0 Å². The third kappa shape index (κ3) is 5.80. The molecule has 0 aromatic carbocycles. The van der Waals surface area contributed by atoms with E-state index in [4.69, 9.17) is 0 Å². The minimum absolute atomic E-state index is 0.0599. The summed E-state index contributed by atoms with van der Waals surface area (Å²) in [6, 6.07) is 0. The largest absolute Gasteiger partial charge is 0.335 e. The van der Waals surface area contributed by atoms with Crippen LogP contribution in [0.2, 0.25) is 0 Å². The standard InChI is InChI=1S/C12H17N3OS3/c1-4-7-15(8-5-2)10(16)9-18-12-14-13-11(19-12)17-6-3/h4-5H,1-2,6-9H2,3H3. The van der Waals surface area contributed by atoms with Gasteiger partial charge in [-0.15, -0.1) is 23.4 Å². The van der Waals surface area contributed by atoms with Gasteiger partial charge in [-0.05, 0) is 5.75 Å². The molecule has 1 heterocycles. The first-order valence-corrected chi connectivity index (χ1v) is 8.58. The molecule has 104 valence electrons. The van der Waals surface area contributed by atoms with E-state index >= 15 is 0 Å². The molecular weight excluding hydrogens is 298 g/mol. The van der Waals surface area contributed by atoms with Crippen LogP contribution in [0.4, 0.5) is 0 Å². The summed E-state index contributed by atoms with van der Waals surface area (Å²) in [6.45, 7) is 10.5. The van der Waals surface area contributed by atoms with Gasteiger partial charge < -0.3 is 4.90 Å². The molecule has 1 rings (SSSR count). The third-order valence-electron chi connectivity index (χ3n) is 2.03. The maximum absolute atomic E-state index is 12.0. The molecule has 1 aromatic rings. The first-order chi connectivity index (χ1) is 9.21. The number of amides is 1. The Kier molecular flexibility index (Phi) is 7.85. The fourth-order valence-electron chi connectivity index (χ4n) is 1.24. The van der Waals surface area contributed by atoms with Crippen LogP contribution in [-0.4, -0.2) is 45.6 Å². The highest BCUT2D eigenvalue weighted by Crippen LogP contribution is 2.28. The van der Waals surface area contributed by atoms with Gasteiger partial charge in [-0.3, -0.25) is 4.79 Å². The van der Waals surface area contributed by atoms with Gasteiger partial charge in [0.25, 0.3) is 0 Å². The van der Waals surface area contributed by atoms with Crippen LogP contribution in [0.5, 0.6) is 0 Å². The van der Waals surface area contributed by atoms with Crippen LogP contribution < -0.4 is 0 Å². The second-order valence-electron chi connectivity index (χ2n) is 3.43. The zero-order valence-corrected chi connectivity index (χ0v) is 13.3. The van der Waals surface area contributed by atoms with Gasteiger partial charge in [-0.25, -0.2) is 0 Å². The maximum atomic E-state index is 12.0. The SMILES string of the molecule is C=CCN(CC=C)C(=O)CSc1nnc(SCC)s1. The zero-order chi connectivity index (χ0) is 14.1. The molecule has 7 heteroatoms. The molecule has 0 N–H and O–H groups in total. The van der Waals surface area contributed by atoms with Crippen molar-refractivity contribution in [2.45, 2.75) is 15.6 Å².